The summed E-state index contributed by atoms with van der Waals surface area (Å²) in [5, 5.41) is 7.52. The number of nitrogens with zero attached hydrogens (tertiary/aromatic N) is 1. The molecule has 4 rings (SSSR count). The minimum absolute atomic E-state index is 0.105. The van der Waals surface area contributed by atoms with Crippen LogP contribution in [0.1, 0.15) is 19.3 Å². The number of rotatable bonds is 6. The van der Waals surface area contributed by atoms with Gasteiger partial charge in [0, 0.05) is 24.2 Å². The summed E-state index contributed by atoms with van der Waals surface area (Å²) in [6.45, 7) is 0.918. The van der Waals surface area contributed by atoms with Crippen molar-refractivity contribution in [2.24, 2.45) is 0 Å². The number of benzene rings is 3. The zero-order valence-electron chi connectivity index (χ0n) is 18.0. The molecule has 0 bridgehead atoms. The number of fused-ring (bicyclic) bond motifs is 1. The van der Waals surface area contributed by atoms with Gasteiger partial charge in [-0.15, -0.1) is 0 Å². The fourth-order valence-corrected chi connectivity index (χ4v) is 5.50. The highest BCUT2D eigenvalue weighted by Gasteiger charge is 2.25. The molecule has 0 unspecified atom stereocenters. The number of nitrogens with one attached hydrogen (secondary N) is 2. The first-order valence-corrected chi connectivity index (χ1v) is 12.6. The van der Waals surface area contributed by atoms with Crippen molar-refractivity contribution in [2.75, 3.05) is 25.0 Å². The van der Waals surface area contributed by atoms with E-state index < -0.39 is 15.9 Å². The minimum Gasteiger partial charge on any atom is -0.483 e. The number of amides is 1. The largest absolute Gasteiger partial charge is 0.483 e. The molecule has 1 aliphatic heterocycles. The Hall–Kier alpha value is -3.01. The molecule has 3 aromatic rings. The van der Waals surface area contributed by atoms with E-state index in [4.69, 9.17) is 17.0 Å². The Morgan fingerprint density at radius 3 is 2.39 bits per heavy atom. The van der Waals surface area contributed by atoms with Crippen LogP contribution in [-0.4, -0.2) is 43.4 Å². The molecule has 1 heterocycles. The van der Waals surface area contributed by atoms with Crippen molar-refractivity contribution in [1.82, 2.24) is 9.62 Å². The van der Waals surface area contributed by atoms with Crippen LogP contribution in [0.5, 0.6) is 5.75 Å². The van der Waals surface area contributed by atoms with Gasteiger partial charge in [0.2, 0.25) is 10.0 Å². The van der Waals surface area contributed by atoms with Crippen molar-refractivity contribution in [1.29, 1.82) is 0 Å². The molecule has 0 aliphatic carbocycles. The lowest BCUT2D eigenvalue weighted by molar-refractivity contribution is -0.121. The number of sulfonamides is 1. The van der Waals surface area contributed by atoms with E-state index in [1.165, 1.54) is 4.31 Å². The third kappa shape index (κ3) is 5.68. The summed E-state index contributed by atoms with van der Waals surface area (Å²) in [4.78, 5) is 12.5. The predicted molar refractivity (Wildman–Crippen MR) is 133 cm³/mol. The normalized spacial score (nSPS) is 14.5. The van der Waals surface area contributed by atoms with Crippen LogP contribution in [0.15, 0.2) is 71.6 Å². The van der Waals surface area contributed by atoms with E-state index in [1.54, 1.807) is 24.3 Å². The Labute approximate surface area is 198 Å². The fourth-order valence-electron chi connectivity index (χ4n) is 3.75. The first-order chi connectivity index (χ1) is 15.9. The maximum absolute atomic E-state index is 12.7. The van der Waals surface area contributed by atoms with E-state index >= 15 is 0 Å². The van der Waals surface area contributed by atoms with Crippen LogP contribution in [0.25, 0.3) is 10.8 Å². The average Bonchev–Trinajstić information content (AvgIpc) is 2.83. The maximum atomic E-state index is 12.7. The molecule has 0 saturated carbocycles. The zero-order chi connectivity index (χ0) is 23.3. The lowest BCUT2D eigenvalue weighted by atomic mass is 10.1. The molecule has 33 heavy (non-hydrogen) atoms. The van der Waals surface area contributed by atoms with Crippen molar-refractivity contribution in [2.45, 2.75) is 24.2 Å². The highest BCUT2D eigenvalue weighted by atomic mass is 32.2. The van der Waals surface area contributed by atoms with Gasteiger partial charge in [-0.3, -0.25) is 10.1 Å². The molecule has 0 atom stereocenters. The molecule has 1 fully saturated rings. The van der Waals surface area contributed by atoms with E-state index in [2.05, 4.69) is 10.6 Å². The molecule has 3 aromatic carbocycles. The molecular weight excluding hydrogens is 458 g/mol. The zero-order valence-corrected chi connectivity index (χ0v) is 19.6. The molecule has 0 spiro atoms. The predicted octanol–water partition coefficient (Wildman–Crippen LogP) is 3.91. The molecule has 1 aliphatic rings. The van der Waals surface area contributed by atoms with Gasteiger partial charge < -0.3 is 10.1 Å². The molecule has 172 valence electrons. The standard InChI is InChI=1S/C24H25N3O4S2/c28-23(17-31-22-10-6-8-18-7-2-3-9-21(18)22)26-24(32)25-19-11-13-20(14-12-19)33(29,30)27-15-4-1-5-16-27/h2-3,6-14H,1,4-5,15-17H2,(H2,25,26,28,32). The SMILES string of the molecule is O=C(COc1cccc2ccccc12)NC(=S)Nc1ccc(S(=O)(=O)N2CCCCC2)cc1. The number of hydrogen-bond acceptors (Lipinski definition) is 5. The molecule has 1 amide bonds. The van der Waals surface area contributed by atoms with Crippen LogP contribution < -0.4 is 15.4 Å². The Balaban J connectivity index is 1.30. The van der Waals surface area contributed by atoms with Crippen molar-refractivity contribution in [3.05, 3.63) is 66.7 Å². The maximum Gasteiger partial charge on any atom is 0.264 e. The third-order valence-electron chi connectivity index (χ3n) is 5.43. The second-order valence-corrected chi connectivity index (χ2v) is 10.1. The van der Waals surface area contributed by atoms with Crippen LogP contribution in [0.4, 0.5) is 5.69 Å². The molecular formula is C24H25N3O4S2. The van der Waals surface area contributed by atoms with Gasteiger partial charge in [0.15, 0.2) is 11.7 Å². The number of carbonyl (C=O) groups excluding carboxylic acids is 1. The van der Waals surface area contributed by atoms with Gasteiger partial charge >= 0.3 is 0 Å². The summed E-state index contributed by atoms with van der Waals surface area (Å²) in [7, 11) is -3.49. The average molecular weight is 484 g/mol. The number of ether oxygens (including phenoxy) is 1. The summed E-state index contributed by atoms with van der Waals surface area (Å²) in [6.07, 6.45) is 2.83. The fraction of sp³-hybridized carbons (Fsp3) is 0.250. The lowest BCUT2D eigenvalue weighted by Crippen LogP contribution is -2.37. The number of hydrogen-bond donors (Lipinski definition) is 2. The van der Waals surface area contributed by atoms with Crippen molar-refractivity contribution >= 4 is 49.7 Å². The van der Waals surface area contributed by atoms with Crippen molar-refractivity contribution in [3.63, 3.8) is 0 Å². The first kappa shape index (κ1) is 23.2. The number of carbonyl (C=O) groups is 1. The van der Waals surface area contributed by atoms with Crippen LogP contribution >= 0.6 is 12.2 Å². The molecule has 0 aromatic heterocycles. The first-order valence-electron chi connectivity index (χ1n) is 10.7. The topological polar surface area (TPSA) is 87.7 Å². The van der Waals surface area contributed by atoms with Crippen molar-refractivity contribution < 1.29 is 17.9 Å². The number of thiocarbonyl (C=S) groups is 1. The highest BCUT2D eigenvalue weighted by Crippen LogP contribution is 2.25. The minimum atomic E-state index is -3.49. The van der Waals surface area contributed by atoms with Crippen LogP contribution in [-0.2, 0) is 14.8 Å². The van der Waals surface area contributed by atoms with E-state index in [1.807, 2.05) is 42.5 Å². The van der Waals surface area contributed by atoms with Crippen LogP contribution in [0.2, 0.25) is 0 Å². The van der Waals surface area contributed by atoms with E-state index in [-0.39, 0.29) is 16.6 Å². The monoisotopic (exact) mass is 483 g/mol. The Kier molecular flexibility index (Phi) is 7.22. The van der Waals surface area contributed by atoms with E-state index in [0.717, 1.165) is 30.0 Å². The summed E-state index contributed by atoms with van der Waals surface area (Å²) >= 11 is 5.20. The third-order valence-corrected chi connectivity index (χ3v) is 7.54. The van der Waals surface area contributed by atoms with Gasteiger partial charge in [-0.25, -0.2) is 8.42 Å². The highest BCUT2D eigenvalue weighted by molar-refractivity contribution is 7.89. The summed E-state index contributed by atoms with van der Waals surface area (Å²) in [6, 6.07) is 19.8. The molecule has 1 saturated heterocycles. The van der Waals surface area contributed by atoms with Crippen molar-refractivity contribution in [3.8, 4) is 5.75 Å². The smallest absolute Gasteiger partial charge is 0.264 e. The molecule has 2 N–H and O–H groups in total. The van der Waals surface area contributed by atoms with Gasteiger partial charge in [0.25, 0.3) is 5.91 Å². The van der Waals surface area contributed by atoms with Crippen LogP contribution in [0.3, 0.4) is 0 Å². The Morgan fingerprint density at radius 1 is 0.939 bits per heavy atom. The second-order valence-electron chi connectivity index (χ2n) is 7.76. The summed E-state index contributed by atoms with van der Waals surface area (Å²) in [5.41, 5.74) is 0.577. The van der Waals surface area contributed by atoms with E-state index in [9.17, 15) is 13.2 Å². The van der Waals surface area contributed by atoms with E-state index in [0.29, 0.717) is 24.5 Å². The molecule has 7 nitrogen and oxygen atoms in total. The van der Waals surface area contributed by atoms with Gasteiger partial charge in [-0.05, 0) is 60.8 Å². The van der Waals surface area contributed by atoms with Gasteiger partial charge in [0.1, 0.15) is 5.75 Å². The van der Waals surface area contributed by atoms with Gasteiger partial charge in [-0.1, -0.05) is 42.8 Å². The Morgan fingerprint density at radius 2 is 1.64 bits per heavy atom. The second kappa shape index (κ2) is 10.3. The molecule has 0 radical (unpaired) electrons. The number of anilines is 1. The van der Waals surface area contributed by atoms with Gasteiger partial charge in [0.05, 0.1) is 4.90 Å². The van der Waals surface area contributed by atoms with Gasteiger partial charge in [-0.2, -0.15) is 4.31 Å². The summed E-state index contributed by atoms with van der Waals surface area (Å²) < 4.78 is 32.7. The Bertz CT molecular complexity index is 1250. The molecule has 9 heteroatoms. The summed E-state index contributed by atoms with van der Waals surface area (Å²) in [5.74, 6) is 0.220. The quantitative estimate of drug-likeness (QED) is 0.517. The van der Waals surface area contributed by atoms with Crippen LogP contribution in [0, 0.1) is 0 Å². The number of piperidine rings is 1. The lowest BCUT2D eigenvalue weighted by Gasteiger charge is -2.25.